The Morgan fingerprint density at radius 2 is 1.95 bits per heavy atom. The Hall–Kier alpha value is -1.26. The highest BCUT2D eigenvalue weighted by Crippen LogP contribution is 2.23. The molecule has 0 aromatic heterocycles. The molecule has 1 rings (SSSR count). The summed E-state index contributed by atoms with van der Waals surface area (Å²) in [6, 6.07) is -1.00. The van der Waals surface area contributed by atoms with Gasteiger partial charge in [0.2, 0.25) is 0 Å². The minimum atomic E-state index is -0.971. The van der Waals surface area contributed by atoms with Crippen LogP contribution in [0.4, 0.5) is 4.79 Å². The average molecular weight is 270 g/mol. The summed E-state index contributed by atoms with van der Waals surface area (Å²) in [5.74, 6) is -0.584. The van der Waals surface area contributed by atoms with Crippen LogP contribution >= 0.6 is 0 Å². The van der Waals surface area contributed by atoms with Crippen molar-refractivity contribution in [1.29, 1.82) is 0 Å². The topological polar surface area (TPSA) is 78.4 Å². The lowest BCUT2D eigenvalue weighted by Crippen LogP contribution is -2.52. The molecule has 4 atom stereocenters. The Kier molecular flexibility index (Phi) is 6.12. The summed E-state index contributed by atoms with van der Waals surface area (Å²) in [5, 5.41) is 14.6. The van der Waals surface area contributed by atoms with Crippen LogP contribution < -0.4 is 10.6 Å². The molecule has 2 amide bonds. The summed E-state index contributed by atoms with van der Waals surface area (Å²) in [7, 11) is 0. The summed E-state index contributed by atoms with van der Waals surface area (Å²) < 4.78 is 0. The summed E-state index contributed by atoms with van der Waals surface area (Å²) in [4.78, 5) is 23.1. The lowest BCUT2D eigenvalue weighted by atomic mass is 9.86. The number of urea groups is 1. The third-order valence-corrected chi connectivity index (χ3v) is 4.19. The van der Waals surface area contributed by atoms with E-state index in [0.29, 0.717) is 5.92 Å². The fourth-order valence-corrected chi connectivity index (χ4v) is 2.57. The van der Waals surface area contributed by atoms with Gasteiger partial charge in [0.25, 0.3) is 0 Å². The Morgan fingerprint density at radius 1 is 1.32 bits per heavy atom. The predicted molar refractivity (Wildman–Crippen MR) is 74.0 cm³/mol. The van der Waals surface area contributed by atoms with E-state index >= 15 is 0 Å². The van der Waals surface area contributed by atoms with E-state index < -0.39 is 12.0 Å². The molecular weight excluding hydrogens is 244 g/mol. The number of hydrogen-bond acceptors (Lipinski definition) is 2. The molecule has 0 aromatic carbocycles. The number of rotatable bonds is 5. The molecule has 19 heavy (non-hydrogen) atoms. The van der Waals surface area contributed by atoms with Gasteiger partial charge in [-0.05, 0) is 24.7 Å². The van der Waals surface area contributed by atoms with Crippen molar-refractivity contribution < 1.29 is 14.7 Å². The van der Waals surface area contributed by atoms with Gasteiger partial charge in [-0.1, -0.05) is 40.0 Å². The highest BCUT2D eigenvalue weighted by molar-refractivity contribution is 5.82. The van der Waals surface area contributed by atoms with Gasteiger partial charge in [-0.15, -0.1) is 0 Å². The van der Waals surface area contributed by atoms with E-state index in [1.807, 2.05) is 13.8 Å². The van der Waals surface area contributed by atoms with Crippen LogP contribution in [-0.2, 0) is 4.79 Å². The first-order chi connectivity index (χ1) is 8.95. The third-order valence-electron chi connectivity index (χ3n) is 4.19. The van der Waals surface area contributed by atoms with Gasteiger partial charge in [0.1, 0.15) is 6.04 Å². The highest BCUT2D eigenvalue weighted by atomic mass is 16.4. The summed E-state index contributed by atoms with van der Waals surface area (Å²) in [6.07, 6.45) is 5.17. The van der Waals surface area contributed by atoms with Crippen molar-refractivity contribution in [1.82, 2.24) is 10.6 Å². The van der Waals surface area contributed by atoms with E-state index in [0.717, 1.165) is 25.7 Å². The van der Waals surface area contributed by atoms with Gasteiger partial charge in [0, 0.05) is 6.04 Å². The van der Waals surface area contributed by atoms with Gasteiger partial charge < -0.3 is 15.7 Å². The van der Waals surface area contributed by atoms with Crippen LogP contribution in [0.15, 0.2) is 0 Å². The molecule has 1 fully saturated rings. The number of carboxylic acid groups (broad SMARTS) is 1. The summed E-state index contributed by atoms with van der Waals surface area (Å²) >= 11 is 0. The first-order valence-corrected chi connectivity index (χ1v) is 7.25. The second-order valence-corrected chi connectivity index (χ2v) is 5.69. The fraction of sp³-hybridized carbons (Fsp3) is 0.857. The molecule has 1 aliphatic carbocycles. The second-order valence-electron chi connectivity index (χ2n) is 5.69. The second kappa shape index (κ2) is 7.36. The van der Waals surface area contributed by atoms with Crippen molar-refractivity contribution in [2.45, 2.75) is 65.0 Å². The molecule has 4 unspecified atom stereocenters. The molecule has 1 aliphatic rings. The quantitative estimate of drug-likeness (QED) is 0.717. The summed E-state index contributed by atoms with van der Waals surface area (Å²) in [5.41, 5.74) is 0. The van der Waals surface area contributed by atoms with E-state index in [2.05, 4.69) is 17.6 Å². The van der Waals surface area contributed by atoms with Crippen molar-refractivity contribution in [3.05, 3.63) is 0 Å². The zero-order chi connectivity index (χ0) is 14.4. The van der Waals surface area contributed by atoms with Crippen LogP contribution in [0.2, 0.25) is 0 Å². The zero-order valence-electron chi connectivity index (χ0n) is 12.1. The third kappa shape index (κ3) is 4.73. The Balaban J connectivity index is 2.50. The van der Waals surface area contributed by atoms with E-state index in [1.54, 1.807) is 0 Å². The maximum absolute atomic E-state index is 11.9. The molecule has 5 nitrogen and oxygen atoms in total. The Labute approximate surface area is 115 Å². The van der Waals surface area contributed by atoms with Crippen LogP contribution in [-0.4, -0.2) is 29.2 Å². The standard InChI is InChI=1S/C14H26N2O3/c1-4-9(2)12(13(17)18)16-14(19)15-11-8-6-5-7-10(11)3/h9-12H,4-8H2,1-3H3,(H,17,18)(H2,15,16,19). The van der Waals surface area contributed by atoms with Gasteiger partial charge >= 0.3 is 12.0 Å². The van der Waals surface area contributed by atoms with Crippen LogP contribution in [0, 0.1) is 11.8 Å². The lowest BCUT2D eigenvalue weighted by Gasteiger charge is -2.30. The highest BCUT2D eigenvalue weighted by Gasteiger charge is 2.28. The van der Waals surface area contributed by atoms with E-state index in [4.69, 9.17) is 5.11 Å². The largest absolute Gasteiger partial charge is 0.480 e. The molecule has 0 bridgehead atoms. The van der Waals surface area contributed by atoms with Crippen LogP contribution in [0.5, 0.6) is 0 Å². The smallest absolute Gasteiger partial charge is 0.326 e. The number of nitrogens with one attached hydrogen (secondary N) is 2. The number of amides is 2. The maximum Gasteiger partial charge on any atom is 0.326 e. The van der Waals surface area contributed by atoms with E-state index in [9.17, 15) is 9.59 Å². The van der Waals surface area contributed by atoms with Crippen molar-refractivity contribution in [3.8, 4) is 0 Å². The molecule has 5 heteroatoms. The van der Waals surface area contributed by atoms with Crippen LogP contribution in [0.1, 0.15) is 52.9 Å². The molecule has 0 saturated heterocycles. The molecule has 3 N–H and O–H groups in total. The Morgan fingerprint density at radius 3 is 2.47 bits per heavy atom. The van der Waals surface area contributed by atoms with Crippen molar-refractivity contribution >= 4 is 12.0 Å². The summed E-state index contributed by atoms with van der Waals surface area (Å²) in [6.45, 7) is 5.89. The first kappa shape index (κ1) is 15.8. The monoisotopic (exact) mass is 270 g/mol. The minimum absolute atomic E-state index is 0.0768. The average Bonchev–Trinajstić information content (AvgIpc) is 2.37. The van der Waals surface area contributed by atoms with Gasteiger partial charge in [-0.25, -0.2) is 9.59 Å². The van der Waals surface area contributed by atoms with Crippen LogP contribution in [0.3, 0.4) is 0 Å². The number of carbonyl (C=O) groups excluding carboxylic acids is 1. The number of aliphatic carboxylic acids is 1. The number of hydrogen-bond donors (Lipinski definition) is 3. The minimum Gasteiger partial charge on any atom is -0.480 e. The number of carboxylic acids is 1. The molecular formula is C14H26N2O3. The van der Waals surface area contributed by atoms with Gasteiger partial charge in [-0.3, -0.25) is 0 Å². The van der Waals surface area contributed by atoms with Crippen molar-refractivity contribution in [2.24, 2.45) is 11.8 Å². The molecule has 0 spiro atoms. The molecule has 0 radical (unpaired) electrons. The molecule has 0 heterocycles. The molecule has 0 aromatic rings. The van der Waals surface area contributed by atoms with Gasteiger partial charge in [0.05, 0.1) is 0 Å². The first-order valence-electron chi connectivity index (χ1n) is 7.25. The zero-order valence-corrected chi connectivity index (χ0v) is 12.1. The SMILES string of the molecule is CCC(C)C(NC(=O)NC1CCCCC1C)C(=O)O. The number of carbonyl (C=O) groups is 2. The van der Waals surface area contributed by atoms with Gasteiger partial charge in [-0.2, -0.15) is 0 Å². The van der Waals surface area contributed by atoms with E-state index in [1.165, 1.54) is 6.42 Å². The maximum atomic E-state index is 11.9. The van der Waals surface area contributed by atoms with Crippen molar-refractivity contribution in [3.63, 3.8) is 0 Å². The fourth-order valence-electron chi connectivity index (χ4n) is 2.57. The Bertz CT molecular complexity index is 320. The molecule has 110 valence electrons. The molecule has 0 aliphatic heterocycles. The molecule has 1 saturated carbocycles. The van der Waals surface area contributed by atoms with Crippen LogP contribution in [0.25, 0.3) is 0 Å². The van der Waals surface area contributed by atoms with Gasteiger partial charge in [0.15, 0.2) is 0 Å². The van der Waals surface area contributed by atoms with Crippen molar-refractivity contribution in [2.75, 3.05) is 0 Å². The predicted octanol–water partition coefficient (Wildman–Crippen LogP) is 2.36. The normalized spacial score (nSPS) is 26.3. The van der Waals surface area contributed by atoms with E-state index in [-0.39, 0.29) is 18.0 Å². The lowest BCUT2D eigenvalue weighted by molar-refractivity contribution is -0.140.